The maximum absolute atomic E-state index is 12.2. The van der Waals surface area contributed by atoms with Crippen LogP contribution in [0, 0.1) is 0 Å². The summed E-state index contributed by atoms with van der Waals surface area (Å²) >= 11 is 2.05. The topological polar surface area (TPSA) is 52.2 Å². The molecule has 1 N–H and O–H groups in total. The summed E-state index contributed by atoms with van der Waals surface area (Å²) in [7, 11) is 0. The highest BCUT2D eigenvalue weighted by molar-refractivity contribution is 7.99. The van der Waals surface area contributed by atoms with Gasteiger partial charge in [0.1, 0.15) is 5.65 Å². The van der Waals surface area contributed by atoms with E-state index in [2.05, 4.69) is 25.8 Å². The van der Waals surface area contributed by atoms with Crippen LogP contribution in [0.5, 0.6) is 0 Å². The molecule has 1 amide bonds. The van der Waals surface area contributed by atoms with E-state index < -0.39 is 0 Å². The Morgan fingerprint density at radius 1 is 1.35 bits per heavy atom. The third kappa shape index (κ3) is 3.62. The number of likely N-dealkylation sites (tertiary alicyclic amines) is 1. The zero-order chi connectivity index (χ0) is 17.9. The first-order chi connectivity index (χ1) is 12.8. The largest absolute Gasteiger partial charge is 0.343 e. The fraction of sp³-hybridized carbons (Fsp3) is 0.600. The molecule has 26 heavy (non-hydrogen) atoms. The molecule has 1 atom stereocenters. The van der Waals surface area contributed by atoms with Crippen LogP contribution in [0.3, 0.4) is 0 Å². The molecule has 0 spiro atoms. The third-order valence-corrected chi connectivity index (χ3v) is 6.62. The zero-order valence-corrected chi connectivity index (χ0v) is 16.4. The van der Waals surface area contributed by atoms with Gasteiger partial charge in [-0.2, -0.15) is 11.8 Å². The van der Waals surface area contributed by atoms with E-state index in [1.165, 1.54) is 28.1 Å². The van der Waals surface area contributed by atoms with Crippen LogP contribution >= 0.6 is 11.8 Å². The number of carbonyl (C=O) groups excluding carboxylic acids is 1. The van der Waals surface area contributed by atoms with Crippen LogP contribution in [0.2, 0.25) is 0 Å². The summed E-state index contributed by atoms with van der Waals surface area (Å²) in [5.74, 6) is 3.11. The lowest BCUT2D eigenvalue weighted by molar-refractivity contribution is -0.132. The van der Waals surface area contributed by atoms with Gasteiger partial charge in [-0.3, -0.25) is 9.69 Å². The Morgan fingerprint density at radius 3 is 3.00 bits per heavy atom. The highest BCUT2D eigenvalue weighted by atomic mass is 32.2. The highest BCUT2D eigenvalue weighted by Crippen LogP contribution is 2.33. The van der Waals surface area contributed by atoms with E-state index in [0.717, 1.165) is 51.2 Å². The van der Waals surface area contributed by atoms with Crippen molar-refractivity contribution >= 4 is 28.7 Å². The van der Waals surface area contributed by atoms with E-state index in [1.54, 1.807) is 0 Å². The molecule has 6 heteroatoms. The van der Waals surface area contributed by atoms with E-state index in [1.807, 2.05) is 30.9 Å². The van der Waals surface area contributed by atoms with Gasteiger partial charge in [-0.05, 0) is 30.5 Å². The van der Waals surface area contributed by atoms with Crippen LogP contribution in [-0.4, -0.2) is 63.4 Å². The number of piperidine rings is 1. The van der Waals surface area contributed by atoms with Crippen molar-refractivity contribution in [1.82, 2.24) is 19.8 Å². The van der Waals surface area contributed by atoms with Crippen LogP contribution in [0.4, 0.5) is 0 Å². The van der Waals surface area contributed by atoms with Crippen LogP contribution < -0.4 is 0 Å². The molecular weight excluding hydrogens is 344 g/mol. The number of hydrogen-bond acceptors (Lipinski definition) is 4. The molecule has 2 saturated heterocycles. The summed E-state index contributed by atoms with van der Waals surface area (Å²) in [4.78, 5) is 25.0. The van der Waals surface area contributed by atoms with Gasteiger partial charge < -0.3 is 9.88 Å². The number of pyridine rings is 1. The fourth-order valence-electron chi connectivity index (χ4n) is 4.26. The van der Waals surface area contributed by atoms with E-state index in [9.17, 15) is 4.79 Å². The third-order valence-electron chi connectivity index (χ3n) is 5.68. The normalized spacial score (nSPS) is 22.0. The van der Waals surface area contributed by atoms with Gasteiger partial charge in [0.05, 0.1) is 0 Å². The second kappa shape index (κ2) is 8.01. The number of thioether (sulfide) groups is 1. The number of fused-ring (bicyclic) bond motifs is 1. The van der Waals surface area contributed by atoms with Crippen molar-refractivity contribution in [1.29, 1.82) is 0 Å². The monoisotopic (exact) mass is 372 g/mol. The van der Waals surface area contributed by atoms with Gasteiger partial charge in [0.2, 0.25) is 5.91 Å². The fourth-order valence-corrected chi connectivity index (χ4v) is 5.24. The molecule has 140 valence electrons. The van der Waals surface area contributed by atoms with Crippen LogP contribution in [0.1, 0.15) is 43.4 Å². The number of hydrogen-bond donors (Lipinski definition) is 1. The average molecular weight is 373 g/mol. The van der Waals surface area contributed by atoms with E-state index in [4.69, 9.17) is 0 Å². The molecule has 0 aliphatic carbocycles. The molecule has 0 radical (unpaired) electrons. The molecule has 0 saturated carbocycles. The Hall–Kier alpha value is -1.53. The van der Waals surface area contributed by atoms with Gasteiger partial charge in [0, 0.05) is 73.8 Å². The number of nitrogens with one attached hydrogen (secondary N) is 1. The zero-order valence-electron chi connectivity index (χ0n) is 15.5. The smallest absolute Gasteiger partial charge is 0.222 e. The average Bonchev–Trinajstić information content (AvgIpc) is 3.07. The summed E-state index contributed by atoms with van der Waals surface area (Å²) < 4.78 is 0. The van der Waals surface area contributed by atoms with Crippen molar-refractivity contribution in [3.63, 3.8) is 0 Å². The molecule has 0 bridgehead atoms. The minimum Gasteiger partial charge on any atom is -0.343 e. The van der Waals surface area contributed by atoms with Crippen LogP contribution in [-0.2, 0) is 11.3 Å². The molecule has 2 aliphatic rings. The van der Waals surface area contributed by atoms with Gasteiger partial charge in [-0.1, -0.05) is 6.92 Å². The summed E-state index contributed by atoms with van der Waals surface area (Å²) in [5, 5.41) is 1.25. The number of H-pyrrole nitrogens is 1. The number of aromatic nitrogens is 2. The first-order valence-electron chi connectivity index (χ1n) is 9.79. The summed E-state index contributed by atoms with van der Waals surface area (Å²) in [6.45, 7) is 6.99. The Morgan fingerprint density at radius 2 is 2.19 bits per heavy atom. The van der Waals surface area contributed by atoms with Crippen molar-refractivity contribution < 1.29 is 4.79 Å². The molecule has 5 nitrogen and oxygen atoms in total. The maximum Gasteiger partial charge on any atom is 0.222 e. The lowest BCUT2D eigenvalue weighted by atomic mass is 9.91. The highest BCUT2D eigenvalue weighted by Gasteiger charge is 2.28. The van der Waals surface area contributed by atoms with E-state index >= 15 is 0 Å². The van der Waals surface area contributed by atoms with Gasteiger partial charge in [-0.25, -0.2) is 4.98 Å². The van der Waals surface area contributed by atoms with Crippen molar-refractivity contribution in [2.75, 3.05) is 37.7 Å². The number of nitrogens with zero attached hydrogens (tertiary/aromatic N) is 3. The number of aromatic amines is 1. The van der Waals surface area contributed by atoms with Gasteiger partial charge in [-0.15, -0.1) is 0 Å². The minimum absolute atomic E-state index is 0.276. The molecular formula is C20H28N4OS. The van der Waals surface area contributed by atoms with Crippen LogP contribution in [0.25, 0.3) is 11.0 Å². The maximum atomic E-state index is 12.2. The lowest BCUT2D eigenvalue weighted by Crippen LogP contribution is -2.39. The number of rotatable bonds is 4. The standard InChI is InChI=1S/C20H28N4OS/c1-2-18(25)24-8-4-5-15(13-24)19-17(14-23-9-11-26-12-10-23)16-6-3-7-21-20(16)22-19/h3,6-7,15H,2,4-5,8-14H2,1H3,(H,21,22)/t15-/m1/s1. The second-order valence-electron chi connectivity index (χ2n) is 7.34. The van der Waals surface area contributed by atoms with E-state index in [-0.39, 0.29) is 5.91 Å². The van der Waals surface area contributed by atoms with Gasteiger partial charge in [0.15, 0.2) is 0 Å². The Kier molecular flexibility index (Phi) is 5.50. The Balaban J connectivity index is 1.65. The lowest BCUT2D eigenvalue weighted by Gasteiger charge is -2.33. The summed E-state index contributed by atoms with van der Waals surface area (Å²) in [6, 6.07) is 4.22. The molecule has 2 aromatic rings. The Labute approximate surface area is 159 Å². The minimum atomic E-state index is 0.276. The van der Waals surface area contributed by atoms with Gasteiger partial charge >= 0.3 is 0 Å². The van der Waals surface area contributed by atoms with Crippen molar-refractivity contribution in [2.45, 2.75) is 38.6 Å². The summed E-state index contributed by atoms with van der Waals surface area (Å²) in [5.41, 5.74) is 3.70. The number of amides is 1. The van der Waals surface area contributed by atoms with Crippen molar-refractivity contribution in [3.8, 4) is 0 Å². The second-order valence-corrected chi connectivity index (χ2v) is 8.56. The van der Waals surface area contributed by atoms with Crippen LogP contribution in [0.15, 0.2) is 18.3 Å². The first kappa shape index (κ1) is 17.9. The predicted octanol–water partition coefficient (Wildman–Crippen LogP) is 3.23. The van der Waals surface area contributed by atoms with Crippen molar-refractivity contribution in [2.24, 2.45) is 0 Å². The molecule has 2 aliphatic heterocycles. The van der Waals surface area contributed by atoms with Crippen molar-refractivity contribution in [3.05, 3.63) is 29.6 Å². The molecule has 0 unspecified atom stereocenters. The summed E-state index contributed by atoms with van der Waals surface area (Å²) in [6.07, 6.45) is 4.68. The SMILES string of the molecule is CCC(=O)N1CCC[C@@H](c2[nH]c3ncccc3c2CN2CCSCC2)C1. The first-order valence-corrected chi connectivity index (χ1v) is 10.9. The Bertz CT molecular complexity index is 768. The molecule has 4 rings (SSSR count). The van der Waals surface area contributed by atoms with E-state index in [0.29, 0.717) is 12.3 Å². The molecule has 4 heterocycles. The number of carbonyl (C=O) groups is 1. The molecule has 0 aromatic carbocycles. The quantitative estimate of drug-likeness (QED) is 0.895. The molecule has 2 fully saturated rings. The predicted molar refractivity (Wildman–Crippen MR) is 108 cm³/mol. The molecule has 2 aromatic heterocycles. The van der Waals surface area contributed by atoms with Gasteiger partial charge in [0.25, 0.3) is 0 Å².